The second-order valence-corrected chi connectivity index (χ2v) is 8.79. The quantitative estimate of drug-likeness (QED) is 0.688. The third-order valence-electron chi connectivity index (χ3n) is 5.39. The summed E-state index contributed by atoms with van der Waals surface area (Å²) in [5.41, 5.74) is 0.270. The molecule has 1 aromatic carbocycles. The van der Waals surface area contributed by atoms with Crippen LogP contribution in [0.3, 0.4) is 0 Å². The lowest BCUT2D eigenvalue weighted by atomic mass is 9.86. The molecular formula is C23H27FN2O4S. The maximum atomic E-state index is 13.2. The van der Waals surface area contributed by atoms with Crippen LogP contribution >= 0.6 is 11.3 Å². The van der Waals surface area contributed by atoms with Crippen LogP contribution in [0.15, 0.2) is 29.1 Å². The van der Waals surface area contributed by atoms with Crippen molar-refractivity contribution in [3.05, 3.63) is 55.2 Å². The fraction of sp³-hybridized carbons (Fsp3) is 0.435. The van der Waals surface area contributed by atoms with Gasteiger partial charge < -0.3 is 10.1 Å². The van der Waals surface area contributed by atoms with E-state index in [2.05, 4.69) is 12.2 Å². The average molecular weight is 447 g/mol. The number of amides is 1. The second kappa shape index (κ2) is 10.5. The van der Waals surface area contributed by atoms with Gasteiger partial charge in [0.05, 0.1) is 17.2 Å². The number of thiazole rings is 1. The molecule has 0 radical (unpaired) electrons. The fourth-order valence-corrected chi connectivity index (χ4v) is 4.75. The van der Waals surface area contributed by atoms with Gasteiger partial charge in [0.1, 0.15) is 17.0 Å². The maximum absolute atomic E-state index is 13.2. The van der Waals surface area contributed by atoms with Crippen molar-refractivity contribution in [1.29, 1.82) is 0 Å². The second-order valence-electron chi connectivity index (χ2n) is 7.72. The van der Waals surface area contributed by atoms with Gasteiger partial charge in [0, 0.05) is 6.04 Å². The van der Waals surface area contributed by atoms with Gasteiger partial charge in [-0.2, -0.15) is 0 Å². The Balaban J connectivity index is 1.94. The Hall–Kier alpha value is -2.74. The van der Waals surface area contributed by atoms with Crippen LogP contribution in [0, 0.1) is 11.7 Å². The van der Waals surface area contributed by atoms with Crippen LogP contribution in [-0.4, -0.2) is 29.1 Å². The number of rotatable bonds is 6. The molecule has 6 nitrogen and oxygen atoms in total. The van der Waals surface area contributed by atoms with Crippen molar-refractivity contribution in [2.24, 2.45) is 5.92 Å². The van der Waals surface area contributed by atoms with Gasteiger partial charge in [0.25, 0.3) is 5.56 Å². The van der Waals surface area contributed by atoms with Gasteiger partial charge in [-0.25, -0.2) is 9.18 Å². The number of carbonyl (C=O) groups excluding carboxylic acids is 2. The Morgan fingerprint density at radius 1 is 1.26 bits per heavy atom. The van der Waals surface area contributed by atoms with Gasteiger partial charge in [-0.15, -0.1) is 11.3 Å². The number of hydrogen-bond acceptors (Lipinski definition) is 5. The minimum atomic E-state index is -0.577. The maximum Gasteiger partial charge on any atom is 0.333 e. The van der Waals surface area contributed by atoms with Crippen molar-refractivity contribution in [2.75, 3.05) is 6.61 Å². The van der Waals surface area contributed by atoms with Crippen molar-refractivity contribution in [1.82, 2.24) is 9.88 Å². The number of halogens is 1. The van der Waals surface area contributed by atoms with Gasteiger partial charge >= 0.3 is 5.97 Å². The molecular weight excluding hydrogens is 419 g/mol. The van der Waals surface area contributed by atoms with Crippen molar-refractivity contribution in [3.63, 3.8) is 0 Å². The van der Waals surface area contributed by atoms with Crippen LogP contribution < -0.4 is 20.1 Å². The highest BCUT2D eigenvalue weighted by atomic mass is 32.1. The lowest BCUT2D eigenvalue weighted by Crippen LogP contribution is -2.45. The Kier molecular flexibility index (Phi) is 7.79. The molecule has 3 rings (SSSR count). The lowest BCUT2D eigenvalue weighted by Gasteiger charge is -2.29. The van der Waals surface area contributed by atoms with E-state index in [9.17, 15) is 18.8 Å². The van der Waals surface area contributed by atoms with Gasteiger partial charge in [0.15, 0.2) is 0 Å². The molecule has 2 atom stereocenters. The van der Waals surface area contributed by atoms with E-state index in [4.69, 9.17) is 4.74 Å². The number of nitrogens with zero attached hydrogens (tertiary/aromatic N) is 1. The molecule has 8 heteroatoms. The number of hydrogen-bond donors (Lipinski definition) is 1. The molecule has 0 saturated heterocycles. The molecule has 1 heterocycles. The number of carbonyl (C=O) groups is 2. The third-order valence-corrected chi connectivity index (χ3v) is 6.45. The minimum absolute atomic E-state index is 0.0957. The molecule has 1 aliphatic rings. The predicted octanol–water partition coefficient (Wildman–Crippen LogP) is 1.92. The first-order chi connectivity index (χ1) is 14.9. The van der Waals surface area contributed by atoms with Crippen LogP contribution in [-0.2, 0) is 20.9 Å². The molecule has 1 saturated carbocycles. The van der Waals surface area contributed by atoms with Crippen molar-refractivity contribution in [2.45, 2.75) is 52.1 Å². The molecule has 0 spiro atoms. The zero-order valence-corrected chi connectivity index (χ0v) is 18.5. The van der Waals surface area contributed by atoms with E-state index in [1.54, 1.807) is 25.1 Å². The Labute approximate surface area is 184 Å². The molecule has 2 unspecified atom stereocenters. The van der Waals surface area contributed by atoms with Crippen molar-refractivity contribution < 1.29 is 18.7 Å². The zero-order valence-electron chi connectivity index (χ0n) is 17.7. The summed E-state index contributed by atoms with van der Waals surface area (Å²) in [5, 5.41) is 3.04. The largest absolute Gasteiger partial charge is 0.463 e. The van der Waals surface area contributed by atoms with E-state index in [-0.39, 0.29) is 36.5 Å². The highest BCUT2D eigenvalue weighted by Gasteiger charge is 2.23. The third kappa shape index (κ3) is 6.13. The van der Waals surface area contributed by atoms with E-state index in [0.717, 1.165) is 30.6 Å². The number of ether oxygens (including phenoxy) is 1. The summed E-state index contributed by atoms with van der Waals surface area (Å²) in [6, 6.07) is 5.83. The first-order valence-electron chi connectivity index (χ1n) is 10.5. The molecule has 1 aromatic heterocycles. The minimum Gasteiger partial charge on any atom is -0.463 e. The molecule has 2 aromatic rings. The summed E-state index contributed by atoms with van der Waals surface area (Å²) in [4.78, 5) is 37.7. The lowest BCUT2D eigenvalue weighted by molar-refractivity contribution is -0.135. The van der Waals surface area contributed by atoms with E-state index < -0.39 is 5.97 Å². The van der Waals surface area contributed by atoms with E-state index in [0.29, 0.717) is 20.7 Å². The summed E-state index contributed by atoms with van der Waals surface area (Å²) in [7, 11) is 0. The summed E-state index contributed by atoms with van der Waals surface area (Å²) in [6.07, 6.45) is 7.09. The van der Waals surface area contributed by atoms with Crippen LogP contribution in [0.4, 0.5) is 4.39 Å². The monoisotopic (exact) mass is 446 g/mol. The van der Waals surface area contributed by atoms with Gasteiger partial charge in [-0.05, 0) is 49.5 Å². The zero-order chi connectivity index (χ0) is 22.4. The highest BCUT2D eigenvalue weighted by Crippen LogP contribution is 2.23. The van der Waals surface area contributed by atoms with Gasteiger partial charge in [-0.3, -0.25) is 14.2 Å². The van der Waals surface area contributed by atoms with Crippen molar-refractivity contribution >= 4 is 35.4 Å². The molecule has 1 amide bonds. The van der Waals surface area contributed by atoms with Crippen molar-refractivity contribution in [3.8, 4) is 0 Å². The van der Waals surface area contributed by atoms with E-state index >= 15 is 0 Å². The first kappa shape index (κ1) is 22.9. The molecule has 1 aliphatic carbocycles. The molecule has 1 N–H and O–H groups in total. The SMILES string of the molecule is CCOC(=O)/C=c1\s/c(=C/c2ccc(F)cc2)c(=O)n1CC(=O)NC1CCCCC1C. The normalized spacial score (nSPS) is 20.0. The van der Waals surface area contributed by atoms with Crippen LogP contribution in [0.5, 0.6) is 0 Å². The van der Waals surface area contributed by atoms with Crippen LogP contribution in [0.25, 0.3) is 12.2 Å². The summed E-state index contributed by atoms with van der Waals surface area (Å²) < 4.78 is 20.1. The summed E-state index contributed by atoms with van der Waals surface area (Å²) in [5.74, 6) is -0.812. The standard InChI is InChI=1S/C23H27FN2O4S/c1-3-30-22(28)13-21-26(14-20(27)25-18-7-5-4-6-15(18)2)23(29)19(31-21)12-16-8-10-17(24)11-9-16/h8-13,15,18H,3-7,14H2,1-2H3,(H,25,27)/b19-12+,21-13-. The van der Waals surface area contributed by atoms with E-state index in [1.807, 2.05) is 0 Å². The Morgan fingerprint density at radius 2 is 1.97 bits per heavy atom. The summed E-state index contributed by atoms with van der Waals surface area (Å²) in [6.45, 7) is 3.84. The Morgan fingerprint density at radius 3 is 2.65 bits per heavy atom. The highest BCUT2D eigenvalue weighted by molar-refractivity contribution is 7.07. The molecule has 31 heavy (non-hydrogen) atoms. The fourth-order valence-electron chi connectivity index (χ4n) is 3.71. The number of aromatic nitrogens is 1. The average Bonchev–Trinajstić information content (AvgIpc) is 3.00. The molecule has 166 valence electrons. The van der Waals surface area contributed by atoms with Gasteiger partial charge in [0.2, 0.25) is 5.91 Å². The smallest absolute Gasteiger partial charge is 0.333 e. The molecule has 1 fully saturated rings. The van der Waals surface area contributed by atoms with Gasteiger partial charge in [-0.1, -0.05) is 31.9 Å². The molecule has 0 bridgehead atoms. The number of esters is 1. The van der Waals surface area contributed by atoms with Crippen LogP contribution in [0.1, 0.15) is 45.1 Å². The first-order valence-corrected chi connectivity index (χ1v) is 11.3. The summed E-state index contributed by atoms with van der Waals surface area (Å²) >= 11 is 1.09. The Bertz CT molecular complexity index is 1100. The van der Waals surface area contributed by atoms with E-state index in [1.165, 1.54) is 29.2 Å². The number of nitrogens with one attached hydrogen (secondary N) is 1. The topological polar surface area (TPSA) is 77.4 Å². The van der Waals surface area contributed by atoms with Crippen LogP contribution in [0.2, 0.25) is 0 Å². The number of benzene rings is 1. The predicted molar refractivity (Wildman–Crippen MR) is 118 cm³/mol. The molecule has 0 aliphatic heterocycles.